The summed E-state index contributed by atoms with van der Waals surface area (Å²) in [6.45, 7) is 0. The van der Waals surface area contributed by atoms with E-state index < -0.39 is 0 Å². The predicted octanol–water partition coefficient (Wildman–Crippen LogP) is 25.3. The predicted molar refractivity (Wildman–Crippen MR) is 487 cm³/mol. The van der Waals surface area contributed by atoms with E-state index in [9.17, 15) is 0 Å². The van der Waals surface area contributed by atoms with Crippen molar-refractivity contribution < 1.29 is 0 Å². The third kappa shape index (κ3) is 17.8. The van der Waals surface area contributed by atoms with Crippen molar-refractivity contribution in [3.05, 3.63) is 454 Å². The summed E-state index contributed by atoms with van der Waals surface area (Å²) >= 11 is 0. The summed E-state index contributed by atoms with van der Waals surface area (Å²) in [6, 6.07) is 136. The summed E-state index contributed by atoms with van der Waals surface area (Å²) < 4.78 is 0. The minimum absolute atomic E-state index is 0.604. The van der Waals surface area contributed by atoms with Gasteiger partial charge in [0.05, 0.1) is 34.2 Å². The molecule has 0 fully saturated rings. The van der Waals surface area contributed by atoms with Gasteiger partial charge in [-0.3, -0.25) is 19.9 Å². The average Bonchev–Trinajstić information content (AvgIpc) is 0.797. The molecule has 0 aliphatic heterocycles. The van der Waals surface area contributed by atoms with E-state index in [1.54, 1.807) is 12.4 Å². The quantitative estimate of drug-likeness (QED) is 0.0718. The Morgan fingerprint density at radius 2 is 0.525 bits per heavy atom. The number of hydrogen-bond acceptors (Lipinski definition) is 12. The number of allylic oxidation sites excluding steroid dienone is 3. The van der Waals surface area contributed by atoms with Gasteiger partial charge in [-0.2, -0.15) is 0 Å². The van der Waals surface area contributed by atoms with Gasteiger partial charge in [-0.1, -0.05) is 352 Å². The molecule has 0 atom stereocenters. The minimum Gasteiger partial charge on any atom is -0.397 e. The Morgan fingerprint density at radius 1 is 0.217 bits per heavy atom. The topological polar surface area (TPSA) is 168 Å². The molecule has 19 rings (SSSR count). The van der Waals surface area contributed by atoms with Gasteiger partial charge in [0.25, 0.3) is 0 Å². The van der Waals surface area contributed by atoms with Crippen molar-refractivity contribution in [1.29, 1.82) is 0 Å². The monoisotopic (exact) mass is 1540 g/mol. The molecule has 0 aliphatic rings. The number of nitrogens with zero attached hydrogens (tertiary/aromatic N) is 11. The molecule has 0 aliphatic carbocycles. The third-order valence-corrected chi connectivity index (χ3v) is 20.8. The van der Waals surface area contributed by atoms with Gasteiger partial charge in [0.1, 0.15) is 0 Å². The molecule has 0 saturated carbocycles. The lowest BCUT2D eigenvalue weighted by Crippen LogP contribution is -2.00. The maximum absolute atomic E-state index is 6.60. The van der Waals surface area contributed by atoms with Crippen molar-refractivity contribution in [1.82, 2.24) is 54.8 Å². The second-order valence-corrected chi connectivity index (χ2v) is 28.8. The van der Waals surface area contributed by atoms with Crippen LogP contribution in [0.1, 0.15) is 17.0 Å². The van der Waals surface area contributed by atoms with E-state index in [0.29, 0.717) is 47.1 Å². The first-order valence-corrected chi connectivity index (χ1v) is 39.7. The molecule has 12 heteroatoms. The van der Waals surface area contributed by atoms with Crippen LogP contribution < -0.4 is 5.73 Å². The Kier molecular flexibility index (Phi) is 22.3. The summed E-state index contributed by atoms with van der Waals surface area (Å²) in [5.41, 5.74) is 35.3. The first kappa shape index (κ1) is 75.1. The van der Waals surface area contributed by atoms with Gasteiger partial charge in [0.2, 0.25) is 0 Å². The van der Waals surface area contributed by atoms with Crippen molar-refractivity contribution in [2.24, 2.45) is 5.73 Å². The Morgan fingerprint density at radius 3 is 0.892 bits per heavy atom. The average molecular weight is 1540 g/mol. The molecule has 19 aromatic rings. The second-order valence-electron chi connectivity index (χ2n) is 28.8. The van der Waals surface area contributed by atoms with Crippen molar-refractivity contribution in [3.63, 3.8) is 0 Å². The summed E-state index contributed by atoms with van der Waals surface area (Å²) in [7, 11) is 0. The highest BCUT2D eigenvalue weighted by atomic mass is 15.0. The lowest BCUT2D eigenvalue weighted by Gasteiger charge is -2.11. The van der Waals surface area contributed by atoms with E-state index in [1.165, 1.54) is 11.1 Å². The molecule has 7 aromatic heterocycles. The molecule has 568 valence electrons. The van der Waals surface area contributed by atoms with Crippen molar-refractivity contribution >= 4 is 11.3 Å². The van der Waals surface area contributed by atoms with E-state index in [0.717, 1.165) is 145 Å². The fourth-order valence-corrected chi connectivity index (χ4v) is 14.4. The first-order chi connectivity index (χ1) is 59.3. The number of pyridine rings is 5. The van der Waals surface area contributed by atoms with Crippen LogP contribution in [0.15, 0.2) is 437 Å². The molecular weight excluding hydrogens is 1470 g/mol. The molecular formula is C108H76N12. The van der Waals surface area contributed by atoms with E-state index >= 15 is 0 Å². The molecule has 0 radical (unpaired) electrons. The first-order valence-electron chi connectivity index (χ1n) is 39.7. The SMILES string of the molecule is N/C(=C\C(=C/Cc1ccc(-c2ccc(-c3ccc(-c4nc(-c5ccccc5)nc(-c5ccccc5)n4)cc3)cc2)cn1)c1cccc(-c2ccccc2)c1)c1ccccn1.c1ccc(-c2ccc(-c3cc(-c4ccccn4)nc(-c4ccc(-c5ccc(-c6ccc(-c7nc(-c8ccccc8)nc(-c8ccccc8)n7)cc6)cc5)cn4)c3)cc2)cc1. The van der Waals surface area contributed by atoms with Crippen molar-refractivity contribution in [3.8, 4) is 169 Å². The molecule has 12 aromatic carbocycles. The maximum atomic E-state index is 6.60. The van der Waals surface area contributed by atoms with Crippen LogP contribution in [0.5, 0.6) is 0 Å². The zero-order valence-corrected chi connectivity index (χ0v) is 65.3. The Hall–Kier alpha value is -16.3. The van der Waals surface area contributed by atoms with E-state index in [4.69, 9.17) is 50.6 Å². The van der Waals surface area contributed by atoms with Crippen LogP contribution in [0.4, 0.5) is 0 Å². The highest BCUT2D eigenvalue weighted by molar-refractivity contribution is 5.85. The van der Waals surface area contributed by atoms with Crippen LogP contribution in [-0.2, 0) is 6.42 Å². The number of benzene rings is 12. The molecule has 0 amide bonds. The van der Waals surface area contributed by atoms with Gasteiger partial charge in [-0.05, 0) is 139 Å². The fraction of sp³-hybridized carbons (Fsp3) is 0.00926. The maximum Gasteiger partial charge on any atom is 0.164 e. The minimum atomic E-state index is 0.604. The number of rotatable bonds is 20. The molecule has 7 heterocycles. The van der Waals surface area contributed by atoms with Gasteiger partial charge >= 0.3 is 0 Å². The van der Waals surface area contributed by atoms with Gasteiger partial charge in [-0.15, -0.1) is 0 Å². The number of nitrogens with two attached hydrogens (primary N) is 1. The van der Waals surface area contributed by atoms with E-state index in [2.05, 4.69) is 240 Å². The zero-order chi connectivity index (χ0) is 80.6. The number of hydrogen-bond donors (Lipinski definition) is 1. The van der Waals surface area contributed by atoms with Crippen molar-refractivity contribution in [2.75, 3.05) is 0 Å². The van der Waals surface area contributed by atoms with Crippen LogP contribution in [0.3, 0.4) is 0 Å². The highest BCUT2D eigenvalue weighted by Gasteiger charge is 2.18. The lowest BCUT2D eigenvalue weighted by molar-refractivity contribution is 1.07. The standard InChI is InChI=1S/C54H36N6.C54H40N6/c1-4-12-37(13-5-1)38-21-25-42(26-22-38)47-34-50(48-18-10-11-33-55-48)57-51(35-47)49-32-31-46(36-56-49)41-23-19-39(20-24-41)40-27-29-45(30-28-40)54-59-52(43-14-6-2-7-15-43)58-53(60-54)44-16-8-3-9-17-44;55-50(51-21-10-11-34-56-51)36-47(46-20-12-19-45(35-46)38-13-4-1-5-14-38)30-32-49-33-31-48(37-57-49)41-24-22-39(23-25-41)40-26-28-44(29-27-40)54-59-52(42-15-6-2-7-16-42)58-53(60-54)43-17-8-3-9-18-43/h1-36H;1-31,33-37H,32,55H2/b;47-30+,50-36-. The smallest absolute Gasteiger partial charge is 0.164 e. The zero-order valence-electron chi connectivity index (χ0n) is 65.3. The van der Waals surface area contributed by atoms with E-state index in [-0.39, 0.29) is 0 Å². The van der Waals surface area contributed by atoms with Gasteiger partial charge in [-0.25, -0.2) is 34.9 Å². The van der Waals surface area contributed by atoms with Crippen LogP contribution in [0, 0.1) is 0 Å². The van der Waals surface area contributed by atoms with Crippen molar-refractivity contribution in [2.45, 2.75) is 6.42 Å². The normalized spacial score (nSPS) is 11.3. The fourth-order valence-electron chi connectivity index (χ4n) is 14.4. The summed E-state index contributed by atoms with van der Waals surface area (Å²) in [5.74, 6) is 3.84. The molecule has 0 spiro atoms. The van der Waals surface area contributed by atoms with Gasteiger partial charge < -0.3 is 5.73 Å². The Balaban J connectivity index is 0.000000165. The summed E-state index contributed by atoms with van der Waals surface area (Å²) in [4.78, 5) is 53.1. The molecule has 2 N–H and O–H groups in total. The largest absolute Gasteiger partial charge is 0.397 e. The lowest BCUT2D eigenvalue weighted by atomic mass is 9.97. The van der Waals surface area contributed by atoms with E-state index in [1.807, 2.05) is 194 Å². The van der Waals surface area contributed by atoms with Gasteiger partial charge in [0, 0.05) is 81.4 Å². The molecule has 120 heavy (non-hydrogen) atoms. The van der Waals surface area contributed by atoms with Gasteiger partial charge in [0.15, 0.2) is 34.9 Å². The number of aromatic nitrogens is 11. The Bertz CT molecular complexity index is 6620. The highest BCUT2D eigenvalue weighted by Crippen LogP contribution is 2.36. The molecule has 0 unspecified atom stereocenters. The Labute approximate surface area is 697 Å². The molecule has 0 bridgehead atoms. The second kappa shape index (κ2) is 35.6. The molecule has 12 nitrogen and oxygen atoms in total. The molecule has 0 saturated heterocycles. The summed E-state index contributed by atoms with van der Waals surface area (Å²) in [6.07, 6.45) is 12.3. The van der Waals surface area contributed by atoms with Crippen LogP contribution in [0.2, 0.25) is 0 Å². The third-order valence-electron chi connectivity index (χ3n) is 20.8. The summed E-state index contributed by atoms with van der Waals surface area (Å²) in [5, 5.41) is 0. The van der Waals surface area contributed by atoms with Crippen LogP contribution in [0.25, 0.3) is 180 Å². The van der Waals surface area contributed by atoms with Crippen LogP contribution in [-0.4, -0.2) is 54.8 Å². The van der Waals surface area contributed by atoms with Crippen LogP contribution >= 0.6 is 0 Å².